The number of hydrogen-bond acceptors (Lipinski definition) is 6. The fraction of sp³-hybridized carbons (Fsp3) is 0.200. The van der Waals surface area contributed by atoms with Crippen LogP contribution in [0.15, 0.2) is 65.0 Å². The Labute approximate surface area is 171 Å². The molecule has 1 N–H and O–H groups in total. The van der Waals surface area contributed by atoms with E-state index in [0.29, 0.717) is 11.4 Å². The first-order valence-electron chi connectivity index (χ1n) is 8.72. The van der Waals surface area contributed by atoms with E-state index in [1.165, 1.54) is 28.0 Å². The first kappa shape index (κ1) is 18.6. The molecule has 8 heteroatoms. The molecule has 0 aliphatic carbocycles. The molecule has 4 rings (SSSR count). The van der Waals surface area contributed by atoms with Gasteiger partial charge in [-0.25, -0.2) is 4.79 Å². The normalized spacial score (nSPS) is 19.1. The number of rotatable bonds is 6. The molecule has 3 aromatic rings. The van der Waals surface area contributed by atoms with E-state index >= 15 is 0 Å². The van der Waals surface area contributed by atoms with E-state index in [1.807, 2.05) is 66.9 Å². The van der Waals surface area contributed by atoms with E-state index in [1.54, 1.807) is 0 Å². The predicted octanol–water partition coefficient (Wildman–Crippen LogP) is 3.45. The number of thioether (sulfide) groups is 1. The molecule has 0 radical (unpaired) electrons. The highest BCUT2D eigenvalue weighted by Crippen LogP contribution is 2.34. The minimum absolute atomic E-state index is 0.117. The smallest absolute Gasteiger partial charge is 0.319 e. The summed E-state index contributed by atoms with van der Waals surface area (Å²) in [5.74, 6) is -0.270. The van der Waals surface area contributed by atoms with Crippen LogP contribution in [0.2, 0.25) is 0 Å². The maximum absolute atomic E-state index is 13.5. The Morgan fingerprint density at radius 3 is 2.36 bits per heavy atom. The van der Waals surface area contributed by atoms with Gasteiger partial charge in [0.2, 0.25) is 0 Å². The molecule has 0 spiro atoms. The monoisotopic (exact) mass is 410 g/mol. The summed E-state index contributed by atoms with van der Waals surface area (Å²) in [6.07, 6.45) is 2.30. The van der Waals surface area contributed by atoms with E-state index in [4.69, 9.17) is 0 Å². The van der Waals surface area contributed by atoms with Gasteiger partial charge in [0.05, 0.1) is 6.54 Å². The highest BCUT2D eigenvalue weighted by molar-refractivity contribution is 8.00. The maximum atomic E-state index is 13.5. The van der Waals surface area contributed by atoms with Gasteiger partial charge in [-0.15, -0.1) is 10.2 Å². The van der Waals surface area contributed by atoms with Crippen molar-refractivity contribution in [3.05, 3.63) is 76.8 Å². The predicted molar refractivity (Wildman–Crippen MR) is 109 cm³/mol. The summed E-state index contributed by atoms with van der Waals surface area (Å²) in [5.41, 5.74) is 0.608. The van der Waals surface area contributed by atoms with Gasteiger partial charge in [0.1, 0.15) is 5.01 Å². The highest BCUT2D eigenvalue weighted by Gasteiger charge is 2.52. The number of hydrogen-bond donors (Lipinski definition) is 1. The average Bonchev–Trinajstić information content (AvgIpc) is 3.28. The number of aromatic nitrogens is 2. The van der Waals surface area contributed by atoms with Crippen LogP contribution < -0.4 is 5.32 Å². The molecule has 1 atom stereocenters. The summed E-state index contributed by atoms with van der Waals surface area (Å²) in [6.45, 7) is 0.117. The van der Waals surface area contributed by atoms with Crippen LogP contribution in [0.1, 0.15) is 16.1 Å². The number of benzene rings is 2. The Bertz CT molecular complexity index is 994. The van der Waals surface area contributed by atoms with Crippen LogP contribution in [0.3, 0.4) is 0 Å². The SMILES string of the molecule is CSc1nnc(CN2C(=O)N[C@](Cc3ccccc3)(c3ccccc3)C2=O)s1. The third kappa shape index (κ3) is 3.41. The number of carbonyl (C=O) groups excluding carboxylic acids is 2. The molecule has 28 heavy (non-hydrogen) atoms. The summed E-state index contributed by atoms with van der Waals surface area (Å²) >= 11 is 2.88. The largest absolute Gasteiger partial charge is 0.325 e. The molecule has 0 saturated carbocycles. The van der Waals surface area contributed by atoms with Crippen molar-refractivity contribution in [2.75, 3.05) is 6.26 Å². The summed E-state index contributed by atoms with van der Waals surface area (Å²) in [5, 5.41) is 11.7. The lowest BCUT2D eigenvalue weighted by molar-refractivity contribution is -0.132. The molecule has 2 aromatic carbocycles. The third-order valence-electron chi connectivity index (χ3n) is 4.67. The van der Waals surface area contributed by atoms with Crippen molar-refractivity contribution in [3.8, 4) is 0 Å². The molecule has 0 unspecified atom stereocenters. The number of carbonyl (C=O) groups is 2. The second-order valence-corrected chi connectivity index (χ2v) is 8.54. The van der Waals surface area contributed by atoms with Crippen molar-refractivity contribution >= 4 is 35.0 Å². The van der Waals surface area contributed by atoms with Crippen LogP contribution in [0.5, 0.6) is 0 Å². The summed E-state index contributed by atoms with van der Waals surface area (Å²) < 4.78 is 0.806. The minimum atomic E-state index is -1.13. The van der Waals surface area contributed by atoms with Crippen molar-refractivity contribution in [1.82, 2.24) is 20.4 Å². The van der Waals surface area contributed by atoms with Crippen molar-refractivity contribution < 1.29 is 9.59 Å². The second kappa shape index (κ2) is 7.73. The minimum Gasteiger partial charge on any atom is -0.319 e. The lowest BCUT2D eigenvalue weighted by Gasteiger charge is -2.27. The number of imide groups is 1. The fourth-order valence-electron chi connectivity index (χ4n) is 3.33. The Morgan fingerprint density at radius 2 is 1.71 bits per heavy atom. The molecule has 6 nitrogen and oxygen atoms in total. The highest BCUT2D eigenvalue weighted by atomic mass is 32.2. The standard InChI is InChI=1S/C20H18N4O2S2/c1-27-19-23-22-16(28-19)13-24-17(25)20(21-18(24)26,15-10-6-3-7-11-15)12-14-8-4-2-5-9-14/h2-11H,12-13H2,1H3,(H,21,26)/t20-/m1/s1. The Morgan fingerprint density at radius 1 is 1.04 bits per heavy atom. The molecule has 1 fully saturated rings. The molecular weight excluding hydrogens is 392 g/mol. The molecule has 0 bridgehead atoms. The van der Waals surface area contributed by atoms with Crippen LogP contribution in [-0.2, 0) is 23.3 Å². The third-order valence-corrected chi connectivity index (χ3v) is 6.55. The second-order valence-electron chi connectivity index (χ2n) is 6.42. The van der Waals surface area contributed by atoms with Gasteiger partial charge in [-0.2, -0.15) is 0 Å². The van der Waals surface area contributed by atoms with Crippen molar-refractivity contribution in [1.29, 1.82) is 0 Å². The van der Waals surface area contributed by atoms with Gasteiger partial charge in [0.25, 0.3) is 5.91 Å². The van der Waals surface area contributed by atoms with Crippen molar-refractivity contribution in [2.45, 2.75) is 22.8 Å². The van der Waals surface area contributed by atoms with Crippen LogP contribution in [0.4, 0.5) is 4.79 Å². The molecule has 1 aromatic heterocycles. The average molecular weight is 411 g/mol. The van der Waals surface area contributed by atoms with Crippen molar-refractivity contribution in [3.63, 3.8) is 0 Å². The fourth-order valence-corrected chi connectivity index (χ4v) is 4.63. The van der Waals surface area contributed by atoms with E-state index in [0.717, 1.165) is 15.5 Å². The van der Waals surface area contributed by atoms with Crippen LogP contribution in [0.25, 0.3) is 0 Å². The zero-order valence-corrected chi connectivity index (χ0v) is 16.8. The molecule has 2 heterocycles. The van der Waals surface area contributed by atoms with Gasteiger partial charge in [0, 0.05) is 6.42 Å². The lowest BCUT2D eigenvalue weighted by Crippen LogP contribution is -2.46. The topological polar surface area (TPSA) is 75.2 Å². The first-order valence-corrected chi connectivity index (χ1v) is 10.8. The van der Waals surface area contributed by atoms with Gasteiger partial charge in [-0.1, -0.05) is 83.8 Å². The Hall–Kier alpha value is -2.71. The molecule has 1 saturated heterocycles. The number of amides is 3. The number of urea groups is 1. The Kier molecular flexibility index (Phi) is 5.15. The molecule has 1 aliphatic rings. The van der Waals surface area contributed by atoms with Gasteiger partial charge in [-0.05, 0) is 17.4 Å². The molecule has 142 valence electrons. The van der Waals surface area contributed by atoms with Crippen molar-refractivity contribution in [2.24, 2.45) is 0 Å². The van der Waals surface area contributed by atoms with Gasteiger partial charge < -0.3 is 5.32 Å². The zero-order chi connectivity index (χ0) is 19.6. The quantitative estimate of drug-likeness (QED) is 0.498. The first-order chi connectivity index (χ1) is 13.6. The zero-order valence-electron chi connectivity index (χ0n) is 15.2. The molecular formula is C20H18N4O2S2. The van der Waals surface area contributed by atoms with Gasteiger partial charge >= 0.3 is 6.03 Å². The van der Waals surface area contributed by atoms with Gasteiger partial charge in [-0.3, -0.25) is 9.69 Å². The summed E-state index contributed by atoms with van der Waals surface area (Å²) in [7, 11) is 0. The Balaban J connectivity index is 1.70. The number of nitrogens with zero attached hydrogens (tertiary/aromatic N) is 3. The van der Waals surface area contributed by atoms with E-state index in [-0.39, 0.29) is 12.5 Å². The van der Waals surface area contributed by atoms with E-state index in [9.17, 15) is 9.59 Å². The van der Waals surface area contributed by atoms with Crippen LogP contribution >= 0.6 is 23.1 Å². The van der Waals surface area contributed by atoms with Crippen LogP contribution in [0, 0.1) is 0 Å². The van der Waals surface area contributed by atoms with Gasteiger partial charge in [0.15, 0.2) is 9.88 Å². The lowest BCUT2D eigenvalue weighted by atomic mass is 9.83. The van der Waals surface area contributed by atoms with Crippen LogP contribution in [-0.4, -0.2) is 33.3 Å². The summed E-state index contributed by atoms with van der Waals surface area (Å²) in [6, 6.07) is 18.7. The maximum Gasteiger partial charge on any atom is 0.325 e. The van der Waals surface area contributed by atoms with E-state index < -0.39 is 11.6 Å². The van der Waals surface area contributed by atoms with E-state index in [2.05, 4.69) is 15.5 Å². The number of nitrogens with one attached hydrogen (secondary N) is 1. The molecule has 1 aliphatic heterocycles. The summed E-state index contributed by atoms with van der Waals surface area (Å²) in [4.78, 5) is 27.5. The molecule has 3 amide bonds.